The van der Waals surface area contributed by atoms with Crippen molar-refractivity contribution in [2.24, 2.45) is 5.73 Å². The normalized spacial score (nSPS) is 16.5. The van der Waals surface area contributed by atoms with Gasteiger partial charge >= 0.3 is 0 Å². The van der Waals surface area contributed by atoms with E-state index >= 15 is 0 Å². The van der Waals surface area contributed by atoms with E-state index in [0.29, 0.717) is 38.2 Å². The van der Waals surface area contributed by atoms with E-state index in [1.807, 2.05) is 0 Å². The van der Waals surface area contributed by atoms with Crippen LogP contribution in [0, 0.1) is 5.82 Å². The highest BCUT2D eigenvalue weighted by Gasteiger charge is 2.24. The van der Waals surface area contributed by atoms with Crippen LogP contribution >= 0.6 is 12.4 Å². The number of hydrogen-bond acceptors (Lipinski definition) is 3. The van der Waals surface area contributed by atoms with Crippen LogP contribution in [0.25, 0.3) is 0 Å². The third kappa shape index (κ3) is 4.42. The summed E-state index contributed by atoms with van der Waals surface area (Å²) >= 11 is 0. The number of hydrogen-bond donors (Lipinski definition) is 1. The van der Waals surface area contributed by atoms with Crippen LogP contribution in [-0.4, -0.2) is 53.8 Å². The number of carbonyl (C=O) groups excluding carboxylic acids is 2. The maximum atomic E-state index is 12.9. The van der Waals surface area contributed by atoms with Crippen molar-refractivity contribution in [1.29, 1.82) is 0 Å². The molecular formula is C15H21ClFN3O2. The molecule has 2 N–H and O–H groups in total. The van der Waals surface area contributed by atoms with Gasteiger partial charge in [0.1, 0.15) is 5.82 Å². The summed E-state index contributed by atoms with van der Waals surface area (Å²) < 4.78 is 12.9. The lowest BCUT2D eigenvalue weighted by atomic mass is 10.2. The number of benzene rings is 1. The number of nitrogens with two attached hydrogens (primary N) is 1. The minimum atomic E-state index is -0.524. The van der Waals surface area contributed by atoms with E-state index in [2.05, 4.69) is 0 Å². The summed E-state index contributed by atoms with van der Waals surface area (Å²) in [4.78, 5) is 27.6. The molecule has 1 aliphatic heterocycles. The van der Waals surface area contributed by atoms with Gasteiger partial charge in [0.15, 0.2) is 0 Å². The molecular weight excluding hydrogens is 309 g/mol. The molecule has 1 saturated heterocycles. The Morgan fingerprint density at radius 1 is 1.09 bits per heavy atom. The fourth-order valence-electron chi connectivity index (χ4n) is 2.40. The molecule has 0 aromatic heterocycles. The van der Waals surface area contributed by atoms with E-state index in [-0.39, 0.29) is 30.0 Å². The molecule has 1 heterocycles. The van der Waals surface area contributed by atoms with E-state index in [4.69, 9.17) is 5.73 Å². The highest BCUT2D eigenvalue weighted by Crippen LogP contribution is 2.11. The van der Waals surface area contributed by atoms with Crippen LogP contribution in [-0.2, 0) is 4.79 Å². The first kappa shape index (κ1) is 18.4. The Morgan fingerprint density at radius 3 is 2.23 bits per heavy atom. The van der Waals surface area contributed by atoms with Crippen LogP contribution in [0.4, 0.5) is 4.39 Å². The van der Waals surface area contributed by atoms with E-state index in [1.165, 1.54) is 24.3 Å². The molecule has 122 valence electrons. The van der Waals surface area contributed by atoms with Crippen molar-refractivity contribution in [1.82, 2.24) is 9.80 Å². The first-order valence-corrected chi connectivity index (χ1v) is 7.08. The third-order valence-corrected chi connectivity index (χ3v) is 3.58. The van der Waals surface area contributed by atoms with Crippen LogP contribution in [0.3, 0.4) is 0 Å². The molecule has 0 radical (unpaired) electrons. The van der Waals surface area contributed by atoms with Crippen molar-refractivity contribution in [2.75, 3.05) is 26.2 Å². The molecule has 1 atom stereocenters. The van der Waals surface area contributed by atoms with Gasteiger partial charge in [-0.1, -0.05) is 0 Å². The van der Waals surface area contributed by atoms with Crippen LogP contribution in [0.5, 0.6) is 0 Å². The van der Waals surface area contributed by atoms with Gasteiger partial charge in [-0.2, -0.15) is 0 Å². The Hall–Kier alpha value is -1.66. The van der Waals surface area contributed by atoms with Gasteiger partial charge in [0.05, 0.1) is 6.04 Å². The summed E-state index contributed by atoms with van der Waals surface area (Å²) in [6.45, 7) is 3.79. The molecule has 5 nitrogen and oxygen atoms in total. The molecule has 2 rings (SSSR count). The molecule has 1 aromatic carbocycles. The largest absolute Gasteiger partial charge is 0.340 e. The smallest absolute Gasteiger partial charge is 0.253 e. The Bertz CT molecular complexity index is 522. The SMILES string of the molecule is C[C@H](N)C(=O)N1CCCN(C(=O)c2ccc(F)cc2)CC1.Cl. The monoisotopic (exact) mass is 329 g/mol. The van der Waals surface area contributed by atoms with Crippen molar-refractivity contribution in [3.05, 3.63) is 35.6 Å². The van der Waals surface area contributed by atoms with Crippen LogP contribution in [0.15, 0.2) is 24.3 Å². The topological polar surface area (TPSA) is 66.6 Å². The third-order valence-electron chi connectivity index (χ3n) is 3.58. The Balaban J connectivity index is 0.00000242. The molecule has 2 amide bonds. The van der Waals surface area contributed by atoms with E-state index in [1.54, 1.807) is 16.7 Å². The lowest BCUT2D eigenvalue weighted by Crippen LogP contribution is -2.44. The first-order chi connectivity index (χ1) is 9.99. The Labute approximate surface area is 135 Å². The van der Waals surface area contributed by atoms with Gasteiger partial charge in [-0.05, 0) is 37.6 Å². The van der Waals surface area contributed by atoms with Crippen LogP contribution < -0.4 is 5.73 Å². The van der Waals surface area contributed by atoms with Gasteiger partial charge in [0, 0.05) is 31.7 Å². The highest BCUT2D eigenvalue weighted by atomic mass is 35.5. The van der Waals surface area contributed by atoms with Gasteiger partial charge in [0.25, 0.3) is 5.91 Å². The fraction of sp³-hybridized carbons (Fsp3) is 0.467. The zero-order valence-corrected chi connectivity index (χ0v) is 13.3. The minimum absolute atomic E-state index is 0. The zero-order chi connectivity index (χ0) is 15.4. The first-order valence-electron chi connectivity index (χ1n) is 7.08. The number of nitrogens with zero attached hydrogens (tertiary/aromatic N) is 2. The molecule has 1 fully saturated rings. The quantitative estimate of drug-likeness (QED) is 0.888. The summed E-state index contributed by atoms with van der Waals surface area (Å²) in [5.41, 5.74) is 6.07. The van der Waals surface area contributed by atoms with Crippen molar-refractivity contribution >= 4 is 24.2 Å². The Kier molecular flexibility index (Phi) is 6.77. The molecule has 7 heteroatoms. The molecule has 1 aromatic rings. The van der Waals surface area contributed by atoms with E-state index in [9.17, 15) is 14.0 Å². The second kappa shape index (κ2) is 8.10. The highest BCUT2D eigenvalue weighted by molar-refractivity contribution is 5.94. The van der Waals surface area contributed by atoms with E-state index < -0.39 is 6.04 Å². The van der Waals surface area contributed by atoms with Gasteiger partial charge < -0.3 is 15.5 Å². The number of carbonyl (C=O) groups is 2. The van der Waals surface area contributed by atoms with Crippen molar-refractivity contribution in [2.45, 2.75) is 19.4 Å². The van der Waals surface area contributed by atoms with Gasteiger partial charge in [0.2, 0.25) is 5.91 Å². The summed E-state index contributed by atoms with van der Waals surface area (Å²) in [5.74, 6) is -0.590. The number of amides is 2. The van der Waals surface area contributed by atoms with Crippen molar-refractivity contribution in [3.63, 3.8) is 0 Å². The van der Waals surface area contributed by atoms with Gasteiger partial charge in [-0.15, -0.1) is 12.4 Å². The maximum Gasteiger partial charge on any atom is 0.253 e. The molecule has 0 aliphatic carbocycles. The summed E-state index contributed by atoms with van der Waals surface area (Å²) in [6, 6.07) is 4.99. The molecule has 0 spiro atoms. The second-order valence-electron chi connectivity index (χ2n) is 5.27. The second-order valence-corrected chi connectivity index (χ2v) is 5.27. The van der Waals surface area contributed by atoms with Crippen molar-refractivity contribution in [3.8, 4) is 0 Å². The fourth-order valence-corrected chi connectivity index (χ4v) is 2.40. The molecule has 0 saturated carbocycles. The molecule has 0 bridgehead atoms. The molecule has 22 heavy (non-hydrogen) atoms. The number of halogens is 2. The van der Waals surface area contributed by atoms with E-state index in [0.717, 1.165) is 0 Å². The molecule has 0 unspecified atom stereocenters. The zero-order valence-electron chi connectivity index (χ0n) is 12.5. The predicted molar refractivity (Wildman–Crippen MR) is 84.4 cm³/mol. The van der Waals surface area contributed by atoms with Crippen LogP contribution in [0.2, 0.25) is 0 Å². The maximum absolute atomic E-state index is 12.9. The number of rotatable bonds is 2. The summed E-state index contributed by atoms with van der Waals surface area (Å²) in [6.07, 6.45) is 0.714. The van der Waals surface area contributed by atoms with Crippen molar-refractivity contribution < 1.29 is 14.0 Å². The standard InChI is InChI=1S/C15H20FN3O2.ClH/c1-11(17)14(20)18-7-2-8-19(10-9-18)15(21)12-3-5-13(16)6-4-12;/h3-6,11H,2,7-10,17H2,1H3;1H/t11-;/m0./s1. The van der Waals surface area contributed by atoms with Crippen LogP contribution in [0.1, 0.15) is 23.7 Å². The average molecular weight is 330 g/mol. The Morgan fingerprint density at radius 2 is 1.64 bits per heavy atom. The lowest BCUT2D eigenvalue weighted by Gasteiger charge is -2.23. The molecule has 1 aliphatic rings. The summed E-state index contributed by atoms with van der Waals surface area (Å²) in [7, 11) is 0. The average Bonchev–Trinajstić information content (AvgIpc) is 2.72. The van der Waals surface area contributed by atoms with Gasteiger partial charge in [-0.3, -0.25) is 9.59 Å². The van der Waals surface area contributed by atoms with Gasteiger partial charge in [-0.25, -0.2) is 4.39 Å². The lowest BCUT2D eigenvalue weighted by molar-refractivity contribution is -0.132. The summed E-state index contributed by atoms with van der Waals surface area (Å²) in [5, 5.41) is 0. The minimum Gasteiger partial charge on any atom is -0.340 e. The predicted octanol–water partition coefficient (Wildman–Crippen LogP) is 1.27.